The number of carbonyl (C=O) groups excluding carboxylic acids is 1. The number of hydrogen-bond acceptors (Lipinski definition) is 5. The molecule has 0 spiro atoms. The van der Waals surface area contributed by atoms with Gasteiger partial charge in [0.15, 0.2) is 6.61 Å². The fourth-order valence-electron chi connectivity index (χ4n) is 6.60. The van der Waals surface area contributed by atoms with Crippen LogP contribution in [0, 0.1) is 17.8 Å². The highest BCUT2D eigenvalue weighted by Gasteiger charge is 2.47. The van der Waals surface area contributed by atoms with Crippen LogP contribution in [-0.4, -0.2) is 41.0 Å². The molecule has 3 rings (SSSR count). The molecule has 6 nitrogen and oxygen atoms in total. The highest BCUT2D eigenvalue weighted by molar-refractivity contribution is 5.69. The van der Waals surface area contributed by atoms with Gasteiger partial charge in [0.2, 0.25) is 0 Å². The maximum atomic E-state index is 12.6. The Morgan fingerprint density at radius 1 is 0.974 bits per heavy atom. The number of carboxylic acids is 1. The lowest BCUT2D eigenvalue weighted by Crippen LogP contribution is -2.29. The molecular formula is C32H50O6. The first-order valence-corrected chi connectivity index (χ1v) is 15.3. The van der Waals surface area contributed by atoms with Gasteiger partial charge in [0.25, 0.3) is 0 Å². The minimum atomic E-state index is -0.980. The molecule has 2 aliphatic rings. The number of carboxylic acid groups (broad SMARTS) is 1. The summed E-state index contributed by atoms with van der Waals surface area (Å²) < 4.78 is 11.7. The van der Waals surface area contributed by atoms with Crippen LogP contribution in [0.1, 0.15) is 115 Å². The Morgan fingerprint density at radius 2 is 1.71 bits per heavy atom. The van der Waals surface area contributed by atoms with E-state index in [9.17, 15) is 14.7 Å². The molecule has 214 valence electrons. The number of benzene rings is 1. The van der Waals surface area contributed by atoms with Crippen molar-refractivity contribution in [3.8, 4) is 5.75 Å². The second kappa shape index (κ2) is 16.1. The van der Waals surface area contributed by atoms with Gasteiger partial charge in [0.05, 0.1) is 6.10 Å². The fraction of sp³-hybridized carbons (Fsp3) is 0.750. The first-order chi connectivity index (χ1) is 18.4. The van der Waals surface area contributed by atoms with E-state index < -0.39 is 5.97 Å². The summed E-state index contributed by atoms with van der Waals surface area (Å²) in [7, 11) is 0. The zero-order valence-corrected chi connectivity index (χ0v) is 23.7. The molecule has 1 fully saturated rings. The molecule has 0 radical (unpaired) electrons. The lowest BCUT2D eigenvalue weighted by Gasteiger charge is -2.32. The van der Waals surface area contributed by atoms with Gasteiger partial charge in [-0.25, -0.2) is 4.79 Å². The first-order valence-electron chi connectivity index (χ1n) is 15.3. The summed E-state index contributed by atoms with van der Waals surface area (Å²) in [5.41, 5.74) is 2.31. The monoisotopic (exact) mass is 530 g/mol. The van der Waals surface area contributed by atoms with Crippen molar-refractivity contribution in [3.05, 3.63) is 29.3 Å². The van der Waals surface area contributed by atoms with E-state index in [2.05, 4.69) is 19.9 Å². The third kappa shape index (κ3) is 9.29. The number of unbranched alkanes of at least 4 members (excludes halogenated alkanes) is 7. The van der Waals surface area contributed by atoms with Crippen molar-refractivity contribution in [3.63, 3.8) is 0 Å². The summed E-state index contributed by atoms with van der Waals surface area (Å²) >= 11 is 0. The number of aliphatic hydroxyl groups excluding tert-OH is 1. The molecule has 0 aromatic heterocycles. The molecule has 6 heteroatoms. The molecule has 0 saturated heterocycles. The summed E-state index contributed by atoms with van der Waals surface area (Å²) in [4.78, 5) is 23.6. The van der Waals surface area contributed by atoms with E-state index in [1.165, 1.54) is 44.1 Å². The normalized spacial score (nSPS) is 22.9. The molecule has 0 bridgehead atoms. The number of aliphatic hydroxyl groups is 1. The van der Waals surface area contributed by atoms with Crippen LogP contribution in [-0.2, 0) is 27.2 Å². The molecule has 0 amide bonds. The van der Waals surface area contributed by atoms with Gasteiger partial charge in [-0.3, -0.25) is 4.79 Å². The SMILES string of the molecule is CCCCCCCCC[C@H](O)CC[C@@H]1[C@H]2Cc3cccc(OCC(=O)O)c3C[C@H]2C[C@H]1OC(=O)CCCC. The predicted molar refractivity (Wildman–Crippen MR) is 149 cm³/mol. The van der Waals surface area contributed by atoms with Gasteiger partial charge in [-0.1, -0.05) is 77.3 Å². The summed E-state index contributed by atoms with van der Waals surface area (Å²) in [5, 5.41) is 19.8. The van der Waals surface area contributed by atoms with E-state index in [1.54, 1.807) is 0 Å². The van der Waals surface area contributed by atoms with Crippen LogP contribution in [0.15, 0.2) is 18.2 Å². The molecule has 1 aromatic rings. The van der Waals surface area contributed by atoms with Crippen LogP contribution in [0.3, 0.4) is 0 Å². The molecule has 0 heterocycles. The number of fused-ring (bicyclic) bond motifs is 2. The molecule has 2 aliphatic carbocycles. The topological polar surface area (TPSA) is 93.1 Å². The van der Waals surface area contributed by atoms with E-state index in [-0.39, 0.29) is 30.7 Å². The first kappa shape index (κ1) is 30.5. The van der Waals surface area contributed by atoms with E-state index in [4.69, 9.17) is 14.6 Å². The van der Waals surface area contributed by atoms with Crippen molar-refractivity contribution >= 4 is 11.9 Å². The maximum Gasteiger partial charge on any atom is 0.341 e. The van der Waals surface area contributed by atoms with E-state index in [0.717, 1.165) is 63.4 Å². The highest BCUT2D eigenvalue weighted by Crippen LogP contribution is 2.49. The van der Waals surface area contributed by atoms with Crippen molar-refractivity contribution in [1.29, 1.82) is 0 Å². The van der Waals surface area contributed by atoms with Crippen molar-refractivity contribution in [2.45, 2.75) is 129 Å². The number of esters is 1. The van der Waals surface area contributed by atoms with Gasteiger partial charge in [0.1, 0.15) is 11.9 Å². The quantitative estimate of drug-likeness (QED) is 0.159. The minimum absolute atomic E-state index is 0.105. The van der Waals surface area contributed by atoms with Crippen LogP contribution in [0.25, 0.3) is 0 Å². The average molecular weight is 531 g/mol. The van der Waals surface area contributed by atoms with Crippen LogP contribution >= 0.6 is 0 Å². The maximum absolute atomic E-state index is 12.6. The van der Waals surface area contributed by atoms with Gasteiger partial charge >= 0.3 is 11.9 Å². The largest absolute Gasteiger partial charge is 0.482 e. The van der Waals surface area contributed by atoms with Crippen molar-refractivity contribution in [2.75, 3.05) is 6.61 Å². The van der Waals surface area contributed by atoms with E-state index in [0.29, 0.717) is 24.0 Å². The summed E-state index contributed by atoms with van der Waals surface area (Å²) in [6.07, 6.45) is 15.6. The summed E-state index contributed by atoms with van der Waals surface area (Å²) in [6.45, 7) is 3.97. The van der Waals surface area contributed by atoms with Crippen molar-refractivity contribution in [2.24, 2.45) is 17.8 Å². The third-order valence-electron chi connectivity index (χ3n) is 8.66. The predicted octanol–water partition coefficient (Wildman–Crippen LogP) is 6.88. The van der Waals surface area contributed by atoms with Gasteiger partial charge in [-0.15, -0.1) is 0 Å². The zero-order valence-electron chi connectivity index (χ0n) is 23.7. The Bertz CT molecular complexity index is 868. The van der Waals surface area contributed by atoms with E-state index in [1.807, 2.05) is 12.1 Å². The lowest BCUT2D eigenvalue weighted by molar-refractivity contribution is -0.151. The lowest BCUT2D eigenvalue weighted by atomic mass is 9.73. The fourth-order valence-corrected chi connectivity index (χ4v) is 6.60. The molecule has 38 heavy (non-hydrogen) atoms. The van der Waals surface area contributed by atoms with Crippen LogP contribution in [0.5, 0.6) is 5.75 Å². The van der Waals surface area contributed by atoms with Crippen LogP contribution in [0.4, 0.5) is 0 Å². The number of hydrogen-bond donors (Lipinski definition) is 2. The molecule has 1 saturated carbocycles. The number of aliphatic carboxylic acids is 1. The Morgan fingerprint density at radius 3 is 2.45 bits per heavy atom. The standard InChI is InChI=1S/C32H50O6/c1-3-5-7-8-9-10-11-14-25(33)17-18-26-27-19-23-13-12-15-29(37-22-31(34)35)28(23)20-24(27)21-30(26)38-32(36)16-6-4-2/h12-13,15,24-27,30,33H,3-11,14,16-22H2,1-2H3,(H,34,35)/t24-,25-,26+,27-,30+/m0/s1. The van der Waals surface area contributed by atoms with Gasteiger partial charge in [-0.05, 0) is 79.9 Å². The average Bonchev–Trinajstić information content (AvgIpc) is 3.23. The number of ether oxygens (including phenoxy) is 2. The van der Waals surface area contributed by atoms with Crippen molar-refractivity contribution < 1.29 is 29.3 Å². The molecule has 0 aliphatic heterocycles. The number of carbonyl (C=O) groups is 2. The highest BCUT2D eigenvalue weighted by atomic mass is 16.5. The smallest absolute Gasteiger partial charge is 0.341 e. The Kier molecular flexibility index (Phi) is 12.9. The van der Waals surface area contributed by atoms with Crippen LogP contribution in [0.2, 0.25) is 0 Å². The Labute approximate surface area is 229 Å². The molecule has 5 atom stereocenters. The summed E-state index contributed by atoms with van der Waals surface area (Å²) in [6, 6.07) is 5.91. The van der Waals surface area contributed by atoms with Crippen LogP contribution < -0.4 is 4.74 Å². The minimum Gasteiger partial charge on any atom is -0.482 e. The third-order valence-corrected chi connectivity index (χ3v) is 8.66. The molecule has 2 N–H and O–H groups in total. The Balaban J connectivity index is 1.60. The zero-order chi connectivity index (χ0) is 27.3. The number of rotatable bonds is 18. The van der Waals surface area contributed by atoms with Gasteiger partial charge < -0.3 is 19.7 Å². The second-order valence-electron chi connectivity index (χ2n) is 11.6. The molecule has 0 unspecified atom stereocenters. The van der Waals surface area contributed by atoms with Gasteiger partial charge in [-0.2, -0.15) is 0 Å². The second-order valence-corrected chi connectivity index (χ2v) is 11.6. The molecular weight excluding hydrogens is 480 g/mol. The Hall–Kier alpha value is -2.08. The van der Waals surface area contributed by atoms with Crippen molar-refractivity contribution in [1.82, 2.24) is 0 Å². The van der Waals surface area contributed by atoms with Gasteiger partial charge in [0, 0.05) is 6.42 Å². The van der Waals surface area contributed by atoms with E-state index >= 15 is 0 Å². The molecule has 1 aromatic carbocycles. The summed E-state index contributed by atoms with van der Waals surface area (Å²) in [5.74, 6) is 0.580.